The molecule has 0 spiro atoms. The summed E-state index contributed by atoms with van der Waals surface area (Å²) < 4.78 is 0. The van der Waals surface area contributed by atoms with Crippen LogP contribution >= 0.6 is 11.3 Å². The van der Waals surface area contributed by atoms with E-state index in [9.17, 15) is 14.4 Å². The summed E-state index contributed by atoms with van der Waals surface area (Å²) in [5.41, 5.74) is 5.05. The summed E-state index contributed by atoms with van der Waals surface area (Å²) >= 11 is 1.35. The first-order valence-corrected chi connectivity index (χ1v) is 10.9. The molecule has 158 valence electrons. The van der Waals surface area contributed by atoms with Crippen molar-refractivity contribution in [3.63, 3.8) is 0 Å². The third-order valence-corrected chi connectivity index (χ3v) is 5.80. The van der Waals surface area contributed by atoms with Gasteiger partial charge in [-0.1, -0.05) is 60.2 Å². The number of nitrogens with zero attached hydrogens (tertiary/aromatic N) is 1. The second-order valence-electron chi connectivity index (χ2n) is 7.41. The number of nitrogens with one attached hydrogen (secondary N) is 1. The molecule has 0 atom stereocenters. The van der Waals surface area contributed by atoms with Gasteiger partial charge in [0.25, 0.3) is 5.91 Å². The lowest BCUT2D eigenvalue weighted by Gasteiger charge is -2.05. The van der Waals surface area contributed by atoms with Gasteiger partial charge in [-0.15, -0.1) is 11.3 Å². The quantitative estimate of drug-likeness (QED) is 0.306. The number of amides is 1. The summed E-state index contributed by atoms with van der Waals surface area (Å²) in [6.07, 6.45) is 0. The molecule has 6 heteroatoms. The van der Waals surface area contributed by atoms with E-state index >= 15 is 0 Å². The molecule has 4 rings (SSSR count). The summed E-state index contributed by atoms with van der Waals surface area (Å²) in [4.78, 5) is 41.9. The van der Waals surface area contributed by atoms with Gasteiger partial charge in [-0.05, 0) is 37.6 Å². The van der Waals surface area contributed by atoms with Crippen LogP contribution in [-0.2, 0) is 0 Å². The number of aromatic nitrogens is 1. The number of aryl methyl sites for hydroxylation is 2. The molecule has 0 aliphatic heterocycles. The van der Waals surface area contributed by atoms with Crippen molar-refractivity contribution in [2.24, 2.45) is 0 Å². The number of anilines is 1. The van der Waals surface area contributed by atoms with Gasteiger partial charge < -0.3 is 0 Å². The summed E-state index contributed by atoms with van der Waals surface area (Å²) in [7, 11) is 0. The van der Waals surface area contributed by atoms with Crippen LogP contribution < -0.4 is 5.32 Å². The molecule has 0 radical (unpaired) electrons. The fourth-order valence-electron chi connectivity index (χ4n) is 3.26. The highest BCUT2D eigenvalue weighted by atomic mass is 32.1. The van der Waals surface area contributed by atoms with E-state index in [1.807, 2.05) is 25.3 Å². The Balaban J connectivity index is 1.46. The fourth-order valence-corrected chi connectivity index (χ4v) is 3.97. The maximum atomic E-state index is 12.6. The highest BCUT2D eigenvalue weighted by Gasteiger charge is 2.19. The van der Waals surface area contributed by atoms with Crippen LogP contribution in [0.2, 0.25) is 0 Å². The number of benzene rings is 3. The molecule has 4 aromatic rings. The van der Waals surface area contributed by atoms with Crippen molar-refractivity contribution < 1.29 is 14.4 Å². The van der Waals surface area contributed by atoms with Crippen molar-refractivity contribution in [3.8, 4) is 11.3 Å². The van der Waals surface area contributed by atoms with Crippen molar-refractivity contribution in [2.45, 2.75) is 13.8 Å². The topological polar surface area (TPSA) is 76.1 Å². The van der Waals surface area contributed by atoms with Gasteiger partial charge in [0.15, 0.2) is 5.13 Å². The maximum absolute atomic E-state index is 12.6. The van der Waals surface area contributed by atoms with Crippen molar-refractivity contribution >= 4 is 33.9 Å². The van der Waals surface area contributed by atoms with E-state index in [1.165, 1.54) is 35.6 Å². The minimum Gasteiger partial charge on any atom is -0.298 e. The minimum atomic E-state index is -0.610. The highest BCUT2D eigenvalue weighted by molar-refractivity contribution is 7.14. The zero-order valence-corrected chi connectivity index (χ0v) is 18.4. The highest BCUT2D eigenvalue weighted by Crippen LogP contribution is 2.28. The van der Waals surface area contributed by atoms with E-state index in [4.69, 9.17) is 0 Å². The molecule has 3 aromatic carbocycles. The van der Waals surface area contributed by atoms with Gasteiger partial charge in [0.05, 0.1) is 5.69 Å². The SMILES string of the molecule is Cc1ccc(C)c(-c2csc(NC(=O)c3ccc(C(=O)C(=O)c4ccccc4)cc3)n2)c1. The largest absolute Gasteiger partial charge is 0.298 e. The predicted molar refractivity (Wildman–Crippen MR) is 127 cm³/mol. The Labute approximate surface area is 189 Å². The first-order valence-electron chi connectivity index (χ1n) is 10.0. The second kappa shape index (κ2) is 9.08. The van der Waals surface area contributed by atoms with Crippen LogP contribution in [-0.4, -0.2) is 22.5 Å². The van der Waals surface area contributed by atoms with Crippen LogP contribution in [0.4, 0.5) is 5.13 Å². The Morgan fingerprint density at radius 2 is 1.41 bits per heavy atom. The first-order chi connectivity index (χ1) is 15.4. The molecule has 0 saturated heterocycles. The Hall–Kier alpha value is -3.90. The van der Waals surface area contributed by atoms with Crippen LogP contribution in [0, 0.1) is 13.8 Å². The van der Waals surface area contributed by atoms with Crippen LogP contribution in [0.1, 0.15) is 42.2 Å². The second-order valence-corrected chi connectivity index (χ2v) is 8.27. The summed E-state index contributed by atoms with van der Waals surface area (Å²) in [6, 6.07) is 20.6. The number of carbonyl (C=O) groups excluding carboxylic acids is 3. The number of hydrogen-bond acceptors (Lipinski definition) is 5. The number of ketones is 2. The van der Waals surface area contributed by atoms with Gasteiger partial charge in [0.1, 0.15) is 0 Å². The van der Waals surface area contributed by atoms with E-state index in [0.29, 0.717) is 16.3 Å². The number of hydrogen-bond donors (Lipinski definition) is 1. The van der Waals surface area contributed by atoms with E-state index < -0.39 is 11.6 Å². The monoisotopic (exact) mass is 440 g/mol. The average Bonchev–Trinajstić information content (AvgIpc) is 3.28. The molecule has 1 heterocycles. The number of thiazole rings is 1. The lowest BCUT2D eigenvalue weighted by Crippen LogP contribution is -2.15. The van der Waals surface area contributed by atoms with Crippen LogP contribution in [0.15, 0.2) is 78.2 Å². The standard InChI is InChI=1S/C26H20N2O3S/c1-16-8-9-17(2)21(14-16)22-15-32-26(27-22)28-25(31)20-12-10-19(11-13-20)24(30)23(29)18-6-4-3-5-7-18/h3-15H,1-2H3,(H,27,28,31). The van der Waals surface area contributed by atoms with Crippen molar-refractivity contribution in [2.75, 3.05) is 5.32 Å². The average molecular weight is 441 g/mol. The van der Waals surface area contributed by atoms with Crippen LogP contribution in [0.5, 0.6) is 0 Å². The Morgan fingerprint density at radius 3 is 2.09 bits per heavy atom. The lowest BCUT2D eigenvalue weighted by atomic mass is 10.0. The lowest BCUT2D eigenvalue weighted by molar-refractivity contribution is 0.0817. The Morgan fingerprint density at radius 1 is 0.781 bits per heavy atom. The molecular weight excluding hydrogens is 420 g/mol. The van der Waals surface area contributed by atoms with E-state index in [2.05, 4.69) is 22.4 Å². The third kappa shape index (κ3) is 4.55. The van der Waals surface area contributed by atoms with Gasteiger partial charge in [-0.25, -0.2) is 4.98 Å². The number of carbonyl (C=O) groups is 3. The molecule has 1 amide bonds. The molecule has 1 aromatic heterocycles. The van der Waals surface area contributed by atoms with Crippen LogP contribution in [0.3, 0.4) is 0 Å². The Bertz CT molecular complexity index is 1310. The van der Waals surface area contributed by atoms with Crippen molar-refractivity contribution in [1.29, 1.82) is 0 Å². The summed E-state index contributed by atoms with van der Waals surface area (Å²) in [6.45, 7) is 4.05. The normalized spacial score (nSPS) is 10.6. The van der Waals surface area contributed by atoms with Crippen LogP contribution in [0.25, 0.3) is 11.3 Å². The molecule has 0 unspecified atom stereocenters. The Kier molecular flexibility index (Phi) is 6.05. The van der Waals surface area contributed by atoms with E-state index in [-0.39, 0.29) is 11.5 Å². The van der Waals surface area contributed by atoms with Gasteiger partial charge in [-0.3, -0.25) is 19.7 Å². The van der Waals surface area contributed by atoms with Crippen molar-refractivity contribution in [3.05, 3.63) is 106 Å². The molecular formula is C26H20N2O3S. The predicted octanol–water partition coefficient (Wildman–Crippen LogP) is 5.74. The summed E-state index contributed by atoms with van der Waals surface area (Å²) in [5.74, 6) is -1.52. The van der Waals surface area contributed by atoms with Gasteiger partial charge >= 0.3 is 0 Å². The maximum Gasteiger partial charge on any atom is 0.257 e. The van der Waals surface area contributed by atoms with Gasteiger partial charge in [0, 0.05) is 27.6 Å². The molecule has 0 saturated carbocycles. The molecule has 5 nitrogen and oxygen atoms in total. The molecule has 1 N–H and O–H groups in total. The minimum absolute atomic E-state index is 0.238. The third-order valence-electron chi connectivity index (χ3n) is 5.05. The van der Waals surface area contributed by atoms with Gasteiger partial charge in [0.2, 0.25) is 11.6 Å². The van der Waals surface area contributed by atoms with E-state index in [0.717, 1.165) is 22.4 Å². The molecule has 0 aliphatic rings. The molecule has 0 bridgehead atoms. The molecule has 32 heavy (non-hydrogen) atoms. The zero-order chi connectivity index (χ0) is 22.7. The van der Waals surface area contributed by atoms with Gasteiger partial charge in [-0.2, -0.15) is 0 Å². The fraction of sp³-hybridized carbons (Fsp3) is 0.0769. The van der Waals surface area contributed by atoms with E-state index in [1.54, 1.807) is 30.3 Å². The number of Topliss-reactive ketones (excluding diaryl/α,β-unsaturated/α-hetero) is 2. The first kappa shape index (κ1) is 21.3. The van der Waals surface area contributed by atoms with Crippen molar-refractivity contribution in [1.82, 2.24) is 4.98 Å². The number of rotatable bonds is 6. The zero-order valence-electron chi connectivity index (χ0n) is 17.6. The molecule has 0 aliphatic carbocycles. The smallest absolute Gasteiger partial charge is 0.257 e. The summed E-state index contributed by atoms with van der Waals surface area (Å²) in [5, 5.41) is 5.20. The molecule has 0 fully saturated rings.